The molecule has 0 fully saturated rings. The van der Waals surface area contributed by atoms with E-state index in [-0.39, 0.29) is 22.8 Å². The first kappa shape index (κ1) is 31.3. The number of benzene rings is 4. The third-order valence-electron chi connectivity index (χ3n) is 7.04. The van der Waals surface area contributed by atoms with Crippen LogP contribution in [0.5, 0.6) is 0 Å². The van der Waals surface area contributed by atoms with Crippen LogP contribution in [-0.4, -0.2) is 23.0 Å². The third-order valence-corrected chi connectivity index (χ3v) is 8.40. The molecule has 43 heavy (non-hydrogen) atoms. The van der Waals surface area contributed by atoms with Gasteiger partial charge in [-0.2, -0.15) is 0 Å². The molecule has 0 aliphatic rings. The molecule has 4 aromatic rings. The summed E-state index contributed by atoms with van der Waals surface area (Å²) in [5.41, 5.74) is 5.94. The summed E-state index contributed by atoms with van der Waals surface area (Å²) < 4.78 is 0. The Balaban J connectivity index is 1.52. The SMILES string of the molecule is CCc1cccc(C)c1NC(=O)C(CC)Sc1cccc(NC(=O)/C(=C/c2ccccc2C)NC(=O)c2ccccc2)c1. The second-order valence-electron chi connectivity index (χ2n) is 10.2. The summed E-state index contributed by atoms with van der Waals surface area (Å²) >= 11 is 1.45. The van der Waals surface area contributed by atoms with Crippen LogP contribution in [0.1, 0.15) is 52.9 Å². The van der Waals surface area contributed by atoms with E-state index in [1.54, 1.807) is 36.4 Å². The average Bonchev–Trinajstić information content (AvgIpc) is 3.02. The predicted molar refractivity (Wildman–Crippen MR) is 177 cm³/mol. The Kier molecular flexibility index (Phi) is 10.9. The quantitative estimate of drug-likeness (QED) is 0.123. The molecule has 3 amide bonds. The lowest BCUT2D eigenvalue weighted by Crippen LogP contribution is -2.30. The van der Waals surface area contributed by atoms with Crippen LogP contribution in [0.25, 0.3) is 6.08 Å². The van der Waals surface area contributed by atoms with Gasteiger partial charge in [0, 0.05) is 21.8 Å². The van der Waals surface area contributed by atoms with Crippen LogP contribution in [0.2, 0.25) is 0 Å². The average molecular weight is 592 g/mol. The zero-order valence-electron chi connectivity index (χ0n) is 24.9. The summed E-state index contributed by atoms with van der Waals surface area (Å²) in [5.74, 6) is -0.888. The van der Waals surface area contributed by atoms with E-state index in [2.05, 4.69) is 22.9 Å². The monoisotopic (exact) mass is 591 g/mol. The maximum atomic E-state index is 13.5. The van der Waals surface area contributed by atoms with Gasteiger partial charge < -0.3 is 16.0 Å². The number of thioether (sulfide) groups is 1. The Hall–Kier alpha value is -4.62. The van der Waals surface area contributed by atoms with Crippen molar-refractivity contribution in [3.63, 3.8) is 0 Å². The molecule has 1 atom stereocenters. The van der Waals surface area contributed by atoms with Gasteiger partial charge in [-0.05, 0) is 85.4 Å². The Morgan fingerprint density at radius 2 is 1.49 bits per heavy atom. The van der Waals surface area contributed by atoms with Crippen LogP contribution in [0.4, 0.5) is 11.4 Å². The summed E-state index contributed by atoms with van der Waals surface area (Å²) in [5, 5.41) is 8.54. The zero-order chi connectivity index (χ0) is 30.8. The highest BCUT2D eigenvalue weighted by Gasteiger charge is 2.21. The minimum atomic E-state index is -0.453. The van der Waals surface area contributed by atoms with Gasteiger partial charge in [0.2, 0.25) is 5.91 Å². The second kappa shape index (κ2) is 15.0. The van der Waals surface area contributed by atoms with E-state index in [1.807, 2.05) is 87.5 Å². The highest BCUT2D eigenvalue weighted by atomic mass is 32.2. The van der Waals surface area contributed by atoms with Crippen molar-refractivity contribution >= 4 is 46.9 Å². The lowest BCUT2D eigenvalue weighted by Gasteiger charge is -2.18. The lowest BCUT2D eigenvalue weighted by molar-refractivity contribution is -0.116. The molecular weight excluding hydrogens is 554 g/mol. The van der Waals surface area contributed by atoms with Gasteiger partial charge in [-0.15, -0.1) is 11.8 Å². The molecule has 0 radical (unpaired) electrons. The van der Waals surface area contributed by atoms with Gasteiger partial charge in [-0.25, -0.2) is 0 Å². The largest absolute Gasteiger partial charge is 0.325 e. The van der Waals surface area contributed by atoms with Crippen molar-refractivity contribution in [1.29, 1.82) is 0 Å². The summed E-state index contributed by atoms with van der Waals surface area (Å²) in [4.78, 5) is 40.6. The van der Waals surface area contributed by atoms with E-state index in [1.165, 1.54) is 11.8 Å². The van der Waals surface area contributed by atoms with E-state index >= 15 is 0 Å². The number of amides is 3. The van der Waals surface area contributed by atoms with Crippen LogP contribution in [0.3, 0.4) is 0 Å². The molecule has 4 rings (SSSR count). The van der Waals surface area contributed by atoms with Crippen molar-refractivity contribution in [3.8, 4) is 0 Å². The zero-order valence-corrected chi connectivity index (χ0v) is 25.8. The summed E-state index contributed by atoms with van der Waals surface area (Å²) in [6.45, 7) is 8.01. The fraction of sp³-hybridized carbons (Fsp3) is 0.194. The molecule has 4 aromatic carbocycles. The topological polar surface area (TPSA) is 87.3 Å². The molecule has 7 heteroatoms. The molecule has 3 N–H and O–H groups in total. The fourth-order valence-corrected chi connectivity index (χ4v) is 5.60. The van der Waals surface area contributed by atoms with Crippen LogP contribution < -0.4 is 16.0 Å². The van der Waals surface area contributed by atoms with E-state index in [0.717, 1.165) is 39.3 Å². The van der Waals surface area contributed by atoms with Gasteiger partial charge in [-0.1, -0.05) is 80.6 Å². The van der Waals surface area contributed by atoms with Crippen molar-refractivity contribution < 1.29 is 14.4 Å². The minimum Gasteiger partial charge on any atom is -0.325 e. The van der Waals surface area contributed by atoms with Crippen LogP contribution in [0.15, 0.2) is 108 Å². The number of nitrogens with one attached hydrogen (secondary N) is 3. The summed E-state index contributed by atoms with van der Waals surface area (Å²) in [6.07, 6.45) is 3.14. The lowest BCUT2D eigenvalue weighted by atomic mass is 10.1. The van der Waals surface area contributed by atoms with Gasteiger partial charge in [-0.3, -0.25) is 14.4 Å². The fourth-order valence-electron chi connectivity index (χ4n) is 4.58. The molecule has 0 saturated carbocycles. The number of rotatable bonds is 11. The molecule has 0 aliphatic carbocycles. The first-order valence-corrected chi connectivity index (χ1v) is 15.3. The molecule has 0 heterocycles. The van der Waals surface area contributed by atoms with Crippen LogP contribution in [0, 0.1) is 13.8 Å². The van der Waals surface area contributed by atoms with Gasteiger partial charge >= 0.3 is 0 Å². The van der Waals surface area contributed by atoms with Crippen molar-refractivity contribution in [1.82, 2.24) is 5.32 Å². The second-order valence-corrected chi connectivity index (χ2v) is 11.5. The number of carbonyl (C=O) groups is 3. The molecule has 1 unspecified atom stereocenters. The van der Waals surface area contributed by atoms with Crippen molar-refractivity contribution in [3.05, 3.63) is 131 Å². The Morgan fingerprint density at radius 3 is 2.21 bits per heavy atom. The molecule has 0 aliphatic heterocycles. The van der Waals surface area contributed by atoms with Crippen molar-refractivity contribution in [2.24, 2.45) is 0 Å². The third kappa shape index (κ3) is 8.46. The number of hydrogen-bond acceptors (Lipinski definition) is 4. The number of anilines is 2. The van der Waals surface area contributed by atoms with E-state index in [9.17, 15) is 14.4 Å². The molecule has 0 aromatic heterocycles. The Morgan fingerprint density at radius 1 is 0.791 bits per heavy atom. The van der Waals surface area contributed by atoms with Crippen molar-refractivity contribution in [2.45, 2.75) is 50.7 Å². The van der Waals surface area contributed by atoms with E-state index in [0.29, 0.717) is 17.7 Å². The van der Waals surface area contributed by atoms with Gasteiger partial charge in [0.05, 0.1) is 5.25 Å². The standard InChI is InChI=1S/C36H37N3O3S/c1-5-26-19-12-15-25(4)33(26)39-36(42)32(6-2)43-30-21-13-20-29(23-30)37-35(41)31(22-28-18-11-10-14-24(28)3)38-34(40)27-16-8-7-9-17-27/h7-23,32H,5-6H2,1-4H3,(H,37,41)(H,38,40)(H,39,42)/b31-22-. The maximum Gasteiger partial charge on any atom is 0.272 e. The normalized spacial score (nSPS) is 11.9. The number of para-hydroxylation sites is 1. The first-order valence-electron chi connectivity index (χ1n) is 14.4. The maximum absolute atomic E-state index is 13.5. The first-order chi connectivity index (χ1) is 20.8. The molecule has 0 spiro atoms. The highest BCUT2D eigenvalue weighted by Crippen LogP contribution is 2.30. The van der Waals surface area contributed by atoms with E-state index < -0.39 is 5.91 Å². The Bertz CT molecular complexity index is 1630. The van der Waals surface area contributed by atoms with Crippen molar-refractivity contribution in [2.75, 3.05) is 10.6 Å². The van der Waals surface area contributed by atoms with Gasteiger partial charge in [0.1, 0.15) is 5.70 Å². The smallest absolute Gasteiger partial charge is 0.272 e. The number of aryl methyl sites for hydroxylation is 3. The molecule has 0 saturated heterocycles. The highest BCUT2D eigenvalue weighted by molar-refractivity contribution is 8.00. The van der Waals surface area contributed by atoms with Gasteiger partial charge in [0.15, 0.2) is 0 Å². The number of carbonyl (C=O) groups excluding carboxylic acids is 3. The molecule has 6 nitrogen and oxygen atoms in total. The molecule has 220 valence electrons. The molecule has 0 bridgehead atoms. The van der Waals surface area contributed by atoms with Crippen LogP contribution in [-0.2, 0) is 16.0 Å². The minimum absolute atomic E-state index is 0.0574. The number of hydrogen-bond donors (Lipinski definition) is 3. The summed E-state index contributed by atoms with van der Waals surface area (Å²) in [7, 11) is 0. The van der Waals surface area contributed by atoms with Crippen LogP contribution >= 0.6 is 11.8 Å². The Labute approximate surface area is 258 Å². The predicted octanol–water partition coefficient (Wildman–Crippen LogP) is 7.78. The van der Waals surface area contributed by atoms with Gasteiger partial charge in [0.25, 0.3) is 11.8 Å². The van der Waals surface area contributed by atoms with E-state index in [4.69, 9.17) is 0 Å². The summed E-state index contributed by atoms with van der Waals surface area (Å²) in [6, 6.07) is 29.8. The molecular formula is C36H37N3O3S.